The number of aldehydes is 1. The Morgan fingerprint density at radius 3 is 2.53 bits per heavy atom. The second kappa shape index (κ2) is 5.59. The molecule has 2 unspecified atom stereocenters. The molecule has 0 aromatic carbocycles. The van der Waals surface area contributed by atoms with Crippen molar-refractivity contribution in [3.63, 3.8) is 0 Å². The molecule has 1 aromatic heterocycles. The first-order valence-electron chi connectivity index (χ1n) is 6.81. The smallest absolute Gasteiger partial charge is 0.186 e. The molecule has 0 N–H and O–H groups in total. The first kappa shape index (κ1) is 14.5. The SMILES string of the molecule is CC(C)c1nc(N2CC(C)C(N(C)C)C2)sc1C=O. The van der Waals surface area contributed by atoms with Crippen LogP contribution in [0.5, 0.6) is 0 Å². The van der Waals surface area contributed by atoms with E-state index in [2.05, 4.69) is 49.7 Å². The van der Waals surface area contributed by atoms with Crippen molar-refractivity contribution in [2.24, 2.45) is 5.92 Å². The summed E-state index contributed by atoms with van der Waals surface area (Å²) in [6, 6.07) is 0.561. The van der Waals surface area contributed by atoms with Crippen molar-refractivity contribution in [2.75, 3.05) is 32.1 Å². The van der Waals surface area contributed by atoms with Gasteiger partial charge in [0.05, 0.1) is 10.6 Å². The Hall–Kier alpha value is -0.940. The highest BCUT2D eigenvalue weighted by Crippen LogP contribution is 2.33. The van der Waals surface area contributed by atoms with Crippen LogP contribution in [0.1, 0.15) is 42.1 Å². The van der Waals surface area contributed by atoms with Crippen LogP contribution in [0, 0.1) is 5.92 Å². The fourth-order valence-corrected chi connectivity index (χ4v) is 3.80. The molecular formula is C14H23N3OS. The average Bonchev–Trinajstić information content (AvgIpc) is 2.91. The van der Waals surface area contributed by atoms with Gasteiger partial charge in [0.25, 0.3) is 0 Å². The van der Waals surface area contributed by atoms with Crippen molar-refractivity contribution >= 4 is 22.8 Å². The standard InChI is InChI=1S/C14H23N3OS/c1-9(2)13-12(8-18)19-14(15-13)17-6-10(3)11(7-17)16(4)5/h8-11H,6-7H2,1-5H3. The molecule has 0 amide bonds. The van der Waals surface area contributed by atoms with Crippen LogP contribution in [0.15, 0.2) is 0 Å². The fraction of sp³-hybridized carbons (Fsp3) is 0.714. The Labute approximate surface area is 119 Å². The third kappa shape index (κ3) is 2.82. The van der Waals surface area contributed by atoms with Crippen LogP contribution >= 0.6 is 11.3 Å². The average molecular weight is 281 g/mol. The molecule has 0 bridgehead atoms. The normalized spacial score (nSPS) is 23.6. The van der Waals surface area contributed by atoms with E-state index in [1.54, 1.807) is 0 Å². The fourth-order valence-electron chi connectivity index (χ4n) is 2.74. The summed E-state index contributed by atoms with van der Waals surface area (Å²) in [6.07, 6.45) is 0.944. The van der Waals surface area contributed by atoms with E-state index in [-0.39, 0.29) is 0 Å². The van der Waals surface area contributed by atoms with Crippen molar-refractivity contribution in [3.8, 4) is 0 Å². The van der Waals surface area contributed by atoms with Crippen LogP contribution < -0.4 is 4.90 Å². The van der Waals surface area contributed by atoms with Crippen molar-refractivity contribution in [2.45, 2.75) is 32.7 Å². The summed E-state index contributed by atoms with van der Waals surface area (Å²) in [5.74, 6) is 0.927. The van der Waals surface area contributed by atoms with Crippen LogP contribution in [0.2, 0.25) is 0 Å². The van der Waals surface area contributed by atoms with Crippen LogP contribution in [0.4, 0.5) is 5.13 Å². The molecule has 106 valence electrons. The van der Waals surface area contributed by atoms with E-state index in [9.17, 15) is 4.79 Å². The molecule has 2 rings (SSSR count). The molecule has 0 saturated carbocycles. The summed E-state index contributed by atoms with van der Waals surface area (Å²) in [5.41, 5.74) is 0.941. The lowest BCUT2D eigenvalue weighted by molar-refractivity contribution is 0.112. The summed E-state index contributed by atoms with van der Waals surface area (Å²) in [5, 5.41) is 1.00. The van der Waals surface area contributed by atoms with E-state index in [0.29, 0.717) is 17.9 Å². The van der Waals surface area contributed by atoms with Gasteiger partial charge in [-0.25, -0.2) is 4.98 Å². The number of thiazole rings is 1. The highest BCUT2D eigenvalue weighted by molar-refractivity contribution is 7.17. The zero-order chi connectivity index (χ0) is 14.2. The minimum Gasteiger partial charge on any atom is -0.346 e. The van der Waals surface area contributed by atoms with E-state index >= 15 is 0 Å². The van der Waals surface area contributed by atoms with Crippen LogP contribution in [0.3, 0.4) is 0 Å². The Kier molecular flexibility index (Phi) is 4.26. The van der Waals surface area contributed by atoms with Crippen LogP contribution in [0.25, 0.3) is 0 Å². The maximum absolute atomic E-state index is 11.1. The van der Waals surface area contributed by atoms with Gasteiger partial charge in [-0.3, -0.25) is 4.79 Å². The lowest BCUT2D eigenvalue weighted by Crippen LogP contribution is -2.34. The molecule has 0 aliphatic carbocycles. The topological polar surface area (TPSA) is 36.4 Å². The highest BCUT2D eigenvalue weighted by Gasteiger charge is 2.33. The molecule has 4 nitrogen and oxygen atoms in total. The second-order valence-electron chi connectivity index (χ2n) is 5.93. The van der Waals surface area contributed by atoms with Crippen molar-refractivity contribution in [3.05, 3.63) is 10.6 Å². The predicted octanol–water partition coefficient (Wildman–Crippen LogP) is 2.47. The molecular weight excluding hydrogens is 258 g/mol. The maximum Gasteiger partial charge on any atom is 0.186 e. The van der Waals surface area contributed by atoms with Gasteiger partial charge in [-0.05, 0) is 25.9 Å². The number of likely N-dealkylation sites (N-methyl/N-ethyl adjacent to an activating group) is 1. The summed E-state index contributed by atoms with van der Waals surface area (Å²) in [7, 11) is 4.26. The minimum atomic E-state index is 0.301. The minimum absolute atomic E-state index is 0.301. The van der Waals surface area contributed by atoms with E-state index in [0.717, 1.165) is 35.1 Å². The number of carbonyl (C=O) groups excluding carboxylic acids is 1. The molecule has 5 heteroatoms. The van der Waals surface area contributed by atoms with Gasteiger partial charge in [0.1, 0.15) is 0 Å². The Balaban J connectivity index is 2.22. The molecule has 0 radical (unpaired) electrons. The third-order valence-electron chi connectivity index (χ3n) is 3.83. The number of anilines is 1. The Morgan fingerprint density at radius 1 is 1.42 bits per heavy atom. The first-order valence-corrected chi connectivity index (χ1v) is 7.63. The summed E-state index contributed by atoms with van der Waals surface area (Å²) >= 11 is 1.53. The number of hydrogen-bond acceptors (Lipinski definition) is 5. The van der Waals surface area contributed by atoms with Gasteiger partial charge in [-0.1, -0.05) is 32.1 Å². The van der Waals surface area contributed by atoms with E-state index < -0.39 is 0 Å². The van der Waals surface area contributed by atoms with Gasteiger partial charge in [0, 0.05) is 19.1 Å². The Morgan fingerprint density at radius 2 is 2.11 bits per heavy atom. The second-order valence-corrected chi connectivity index (χ2v) is 6.94. The van der Waals surface area contributed by atoms with Crippen molar-refractivity contribution < 1.29 is 4.79 Å². The maximum atomic E-state index is 11.1. The number of carbonyl (C=O) groups is 1. The van der Waals surface area contributed by atoms with Crippen molar-refractivity contribution in [1.82, 2.24) is 9.88 Å². The molecule has 2 atom stereocenters. The largest absolute Gasteiger partial charge is 0.346 e. The van der Waals surface area contributed by atoms with E-state index in [1.165, 1.54) is 11.3 Å². The van der Waals surface area contributed by atoms with Gasteiger partial charge in [0.15, 0.2) is 11.4 Å². The third-order valence-corrected chi connectivity index (χ3v) is 4.89. The molecule has 0 spiro atoms. The van der Waals surface area contributed by atoms with Gasteiger partial charge in [0.2, 0.25) is 0 Å². The zero-order valence-electron chi connectivity index (χ0n) is 12.4. The van der Waals surface area contributed by atoms with Gasteiger partial charge >= 0.3 is 0 Å². The lowest BCUT2D eigenvalue weighted by Gasteiger charge is -2.22. The predicted molar refractivity (Wildman–Crippen MR) is 80.4 cm³/mol. The van der Waals surface area contributed by atoms with Gasteiger partial charge in [-0.15, -0.1) is 0 Å². The molecule has 19 heavy (non-hydrogen) atoms. The monoisotopic (exact) mass is 281 g/mol. The molecule has 1 saturated heterocycles. The van der Waals surface area contributed by atoms with E-state index in [4.69, 9.17) is 0 Å². The van der Waals surface area contributed by atoms with Crippen LogP contribution in [-0.4, -0.2) is 49.4 Å². The number of aromatic nitrogens is 1. The van der Waals surface area contributed by atoms with E-state index in [1.807, 2.05) is 0 Å². The Bertz CT molecular complexity index is 456. The number of hydrogen-bond donors (Lipinski definition) is 0. The van der Waals surface area contributed by atoms with Crippen molar-refractivity contribution in [1.29, 1.82) is 0 Å². The molecule has 1 aliphatic heterocycles. The molecule has 1 aromatic rings. The summed E-state index contributed by atoms with van der Waals surface area (Å²) in [4.78, 5) is 21.2. The van der Waals surface area contributed by atoms with Gasteiger partial charge in [-0.2, -0.15) is 0 Å². The first-order chi connectivity index (χ1) is 8.93. The molecule has 2 heterocycles. The van der Waals surface area contributed by atoms with Crippen LogP contribution in [-0.2, 0) is 0 Å². The highest BCUT2D eigenvalue weighted by atomic mass is 32.1. The summed E-state index contributed by atoms with van der Waals surface area (Å²) in [6.45, 7) is 8.47. The molecule has 1 fully saturated rings. The number of nitrogens with zero attached hydrogens (tertiary/aromatic N) is 3. The number of rotatable bonds is 4. The zero-order valence-corrected chi connectivity index (χ0v) is 13.2. The summed E-state index contributed by atoms with van der Waals surface area (Å²) < 4.78 is 0. The van der Waals surface area contributed by atoms with Gasteiger partial charge < -0.3 is 9.80 Å². The molecule has 1 aliphatic rings. The quantitative estimate of drug-likeness (QED) is 0.794. The lowest BCUT2D eigenvalue weighted by atomic mass is 10.1.